The zero-order valence-corrected chi connectivity index (χ0v) is 14.7. The van der Waals surface area contributed by atoms with Gasteiger partial charge < -0.3 is 14.2 Å². The van der Waals surface area contributed by atoms with Crippen LogP contribution in [-0.2, 0) is 14.1 Å². The van der Waals surface area contributed by atoms with Crippen LogP contribution >= 0.6 is 7.94 Å². The van der Waals surface area contributed by atoms with Crippen LogP contribution in [0.2, 0.25) is 0 Å². The van der Waals surface area contributed by atoms with Gasteiger partial charge in [-0.15, -0.1) is 0 Å². The highest BCUT2D eigenvalue weighted by Crippen LogP contribution is 2.68. The molecule has 126 valence electrons. The zero-order valence-electron chi connectivity index (χ0n) is 13.8. The summed E-state index contributed by atoms with van der Waals surface area (Å²) < 4.78 is 16.2. The van der Waals surface area contributed by atoms with E-state index in [4.69, 9.17) is 13.8 Å². The number of hydrogen-bond donors (Lipinski definition) is 0. The van der Waals surface area contributed by atoms with E-state index in [0.717, 1.165) is 11.1 Å². The van der Waals surface area contributed by atoms with Crippen LogP contribution in [-0.4, -0.2) is 43.3 Å². The normalized spacial score (nSPS) is 32.8. The largest absolute Gasteiger partial charge is 0.624 e. The topological polar surface area (TPSA) is 71.1 Å². The third-order valence-electron chi connectivity index (χ3n) is 4.66. The summed E-state index contributed by atoms with van der Waals surface area (Å²) in [5.41, 5.74) is 1.68. The molecular weight excluding hydrogens is 317 g/mol. The van der Waals surface area contributed by atoms with Gasteiger partial charge in [-0.05, 0) is 27.0 Å². The van der Waals surface area contributed by atoms with Crippen LogP contribution < -0.4 is 9.42 Å². The number of ether oxygens (including phenoxy) is 1. The lowest BCUT2D eigenvalue weighted by Gasteiger charge is -2.40. The minimum absolute atomic E-state index is 0.180. The van der Waals surface area contributed by atoms with E-state index < -0.39 is 14.0 Å². The molecule has 2 aliphatic heterocycles. The Bertz CT molecular complexity index is 624. The maximum absolute atomic E-state index is 13.3. The number of nitrogens with zero attached hydrogens (tertiary/aromatic N) is 1. The van der Waals surface area contributed by atoms with Crippen molar-refractivity contribution in [2.45, 2.75) is 38.0 Å². The second-order valence-corrected chi connectivity index (χ2v) is 8.23. The number of benzene rings is 1. The fourth-order valence-corrected chi connectivity index (χ4v) is 5.96. The summed E-state index contributed by atoms with van der Waals surface area (Å²) in [5, 5.41) is 0. The molecule has 1 aromatic rings. The van der Waals surface area contributed by atoms with Crippen molar-refractivity contribution in [1.29, 1.82) is 0 Å². The van der Waals surface area contributed by atoms with Gasteiger partial charge in [-0.2, -0.15) is 0 Å². The van der Waals surface area contributed by atoms with E-state index in [9.17, 15) is 9.69 Å². The van der Waals surface area contributed by atoms with Crippen LogP contribution in [0, 0.1) is 6.92 Å². The fraction of sp³-hybridized carbons (Fsp3) is 0.562. The zero-order chi connectivity index (χ0) is 16.8. The molecule has 0 amide bonds. The summed E-state index contributed by atoms with van der Waals surface area (Å²) >= 11 is 0. The number of fused-ring (bicyclic) bond motifs is 3. The molecule has 3 rings (SSSR count). The average molecular weight is 339 g/mol. The first-order valence-electron chi connectivity index (χ1n) is 7.75. The Labute approximate surface area is 136 Å². The van der Waals surface area contributed by atoms with Gasteiger partial charge in [-0.25, -0.2) is 4.52 Å². The number of aryl methyl sites for hydroxylation is 1. The van der Waals surface area contributed by atoms with Crippen LogP contribution in [0.25, 0.3) is 0 Å². The molecule has 0 aliphatic carbocycles. The van der Waals surface area contributed by atoms with Crippen LogP contribution in [0.5, 0.6) is 5.75 Å². The van der Waals surface area contributed by atoms with Gasteiger partial charge in [0.2, 0.25) is 0 Å². The van der Waals surface area contributed by atoms with E-state index in [1.54, 1.807) is 6.92 Å². The molecule has 1 aromatic carbocycles. The van der Waals surface area contributed by atoms with Crippen LogP contribution in [0.1, 0.15) is 30.5 Å². The first-order valence-corrected chi connectivity index (χ1v) is 9.36. The summed E-state index contributed by atoms with van der Waals surface area (Å²) in [6.07, 6.45) is 0.401. The highest BCUT2D eigenvalue weighted by atomic mass is 31.2. The molecule has 1 unspecified atom stereocenters. The predicted molar refractivity (Wildman–Crippen MR) is 85.1 cm³/mol. The van der Waals surface area contributed by atoms with Crippen molar-refractivity contribution < 1.29 is 23.5 Å². The quantitative estimate of drug-likeness (QED) is 0.618. The summed E-state index contributed by atoms with van der Waals surface area (Å²) in [7, 11) is -0.108. The van der Waals surface area contributed by atoms with Gasteiger partial charge in [0, 0.05) is 12.0 Å². The third kappa shape index (κ3) is 2.64. The maximum atomic E-state index is 13.3. The van der Waals surface area contributed by atoms with Crippen LogP contribution in [0.4, 0.5) is 0 Å². The first kappa shape index (κ1) is 16.7. The standard InChI is InChI=1S/C16H22NO5P/c1-5-21-23(19)14-9-12(16(18)20-4)17(3)15(14)11-8-10(2)6-7-13(11)22-23/h6-8,12,14-15H,5,9H2,1-4H3/t12-,14+,15+,23?/m1/s1. The van der Waals surface area contributed by atoms with Crippen molar-refractivity contribution in [3.63, 3.8) is 0 Å². The van der Waals surface area contributed by atoms with Gasteiger partial charge in [-0.1, -0.05) is 17.7 Å². The van der Waals surface area contributed by atoms with Gasteiger partial charge >= 0.3 is 5.97 Å². The third-order valence-corrected chi connectivity index (χ3v) is 7.03. The smallest absolute Gasteiger partial charge is 0.323 e. The number of rotatable bonds is 3. The number of esters is 1. The van der Waals surface area contributed by atoms with Gasteiger partial charge in [0.15, 0.2) is 5.75 Å². The molecule has 0 spiro atoms. The summed E-state index contributed by atoms with van der Waals surface area (Å²) in [4.78, 5) is 27.3. The Morgan fingerprint density at radius 1 is 1.52 bits per heavy atom. The lowest BCUT2D eigenvalue weighted by Crippen LogP contribution is -2.39. The summed E-state index contributed by atoms with van der Waals surface area (Å²) in [6.45, 7) is 4.09. The van der Waals surface area contributed by atoms with E-state index in [0.29, 0.717) is 18.8 Å². The van der Waals surface area contributed by atoms with E-state index in [2.05, 4.69) is 0 Å². The van der Waals surface area contributed by atoms with E-state index in [1.807, 2.05) is 37.1 Å². The molecule has 7 heteroatoms. The Morgan fingerprint density at radius 2 is 2.26 bits per heavy atom. The lowest BCUT2D eigenvalue weighted by molar-refractivity contribution is -0.215. The van der Waals surface area contributed by atoms with Gasteiger partial charge in [-0.3, -0.25) is 9.69 Å². The molecule has 0 saturated carbocycles. The first-order chi connectivity index (χ1) is 10.9. The molecular formula is C16H22NO5P. The number of carbonyl (C=O) groups excluding carboxylic acids is 1. The van der Waals surface area contributed by atoms with E-state index in [1.165, 1.54) is 7.11 Å². The number of carbonyl (C=O) groups is 1. The Morgan fingerprint density at radius 3 is 2.91 bits per heavy atom. The van der Waals surface area contributed by atoms with Crippen molar-refractivity contribution >= 4 is 13.9 Å². The molecule has 0 N–H and O–H groups in total. The van der Waals surface area contributed by atoms with Crippen molar-refractivity contribution in [3.8, 4) is 5.75 Å². The highest BCUT2D eigenvalue weighted by molar-refractivity contribution is 7.60. The van der Waals surface area contributed by atoms with Crippen LogP contribution in [0.15, 0.2) is 18.2 Å². The lowest BCUT2D eigenvalue weighted by atomic mass is 10.0. The molecule has 6 nitrogen and oxygen atoms in total. The minimum atomic E-state index is -3.34. The SMILES string of the molecule is CCO[P+]1([O-])Oc2ccc(C)cc2[C@H]2[C@@H]1C[C@H](C(=O)OC)N2C. The van der Waals surface area contributed by atoms with Crippen molar-refractivity contribution in [2.24, 2.45) is 0 Å². The summed E-state index contributed by atoms with van der Waals surface area (Å²) in [6, 6.07) is 5.14. The van der Waals surface area contributed by atoms with Crippen molar-refractivity contribution in [2.75, 3.05) is 20.8 Å². The molecule has 0 radical (unpaired) electrons. The van der Waals surface area contributed by atoms with Crippen molar-refractivity contribution in [3.05, 3.63) is 29.3 Å². The molecule has 2 heterocycles. The molecule has 1 saturated heterocycles. The fourth-order valence-electron chi connectivity index (χ4n) is 3.61. The molecule has 1 fully saturated rings. The number of methoxy groups -OCH3 is 1. The number of likely N-dealkylation sites (N-methyl/N-ethyl adjacent to an activating group) is 1. The highest BCUT2D eigenvalue weighted by Gasteiger charge is 2.60. The summed E-state index contributed by atoms with van der Waals surface area (Å²) in [5.74, 6) is 0.255. The van der Waals surface area contributed by atoms with E-state index >= 15 is 0 Å². The Kier molecular flexibility index (Phi) is 4.36. The molecule has 23 heavy (non-hydrogen) atoms. The Balaban J connectivity index is 2.08. The molecule has 0 bridgehead atoms. The number of hydrogen-bond acceptors (Lipinski definition) is 6. The monoisotopic (exact) mass is 339 g/mol. The molecule has 2 aliphatic rings. The van der Waals surface area contributed by atoms with Gasteiger partial charge in [0.25, 0.3) is 7.94 Å². The minimum Gasteiger partial charge on any atom is -0.624 e. The van der Waals surface area contributed by atoms with E-state index in [-0.39, 0.29) is 17.7 Å². The van der Waals surface area contributed by atoms with Crippen molar-refractivity contribution in [1.82, 2.24) is 4.90 Å². The second-order valence-electron chi connectivity index (χ2n) is 6.04. The predicted octanol–water partition coefficient (Wildman–Crippen LogP) is 1.83. The van der Waals surface area contributed by atoms with Crippen LogP contribution in [0.3, 0.4) is 0 Å². The second kappa shape index (κ2) is 6.02. The maximum Gasteiger partial charge on any atom is 0.323 e. The van der Waals surface area contributed by atoms with Gasteiger partial charge in [0.05, 0.1) is 19.8 Å². The Hall–Kier alpha value is -1.20. The number of likely N-dealkylation sites (tertiary alicyclic amines) is 1. The molecule has 4 atom stereocenters. The van der Waals surface area contributed by atoms with Gasteiger partial charge in [0.1, 0.15) is 11.7 Å². The average Bonchev–Trinajstić information content (AvgIpc) is 2.87. The molecule has 0 aromatic heterocycles.